The van der Waals surface area contributed by atoms with E-state index >= 15 is 0 Å². The van der Waals surface area contributed by atoms with E-state index in [-0.39, 0.29) is 18.1 Å². The van der Waals surface area contributed by atoms with Crippen molar-refractivity contribution < 1.29 is 14.6 Å². The van der Waals surface area contributed by atoms with Crippen LogP contribution in [0.1, 0.15) is 66.7 Å². The quantitative estimate of drug-likeness (QED) is 0.718. The third-order valence-electron chi connectivity index (χ3n) is 4.20. The summed E-state index contributed by atoms with van der Waals surface area (Å²) in [6.07, 6.45) is 5.19. The summed E-state index contributed by atoms with van der Waals surface area (Å²) in [5, 5.41) is 12.8. The molecule has 0 spiro atoms. The highest BCUT2D eigenvalue weighted by atomic mass is 16.6. The standard InChI is InChI=1S/C17H33NO3/c1-13(2)7-6-10-17(12-19,14-8-9-14)11-18-15(20)21-16(3,4)5/h13-14,19H,6-12H2,1-5H3,(H,18,20). The molecule has 0 aliphatic heterocycles. The average molecular weight is 299 g/mol. The van der Waals surface area contributed by atoms with Gasteiger partial charge in [0.25, 0.3) is 0 Å². The van der Waals surface area contributed by atoms with E-state index in [9.17, 15) is 9.90 Å². The van der Waals surface area contributed by atoms with E-state index in [1.807, 2.05) is 20.8 Å². The number of hydrogen-bond donors (Lipinski definition) is 2. The predicted octanol–water partition coefficient (Wildman–Crippen LogP) is 3.73. The maximum Gasteiger partial charge on any atom is 0.407 e. The monoisotopic (exact) mass is 299 g/mol. The molecule has 1 fully saturated rings. The lowest BCUT2D eigenvalue weighted by molar-refractivity contribution is 0.0418. The van der Waals surface area contributed by atoms with Crippen LogP contribution in [-0.4, -0.2) is 30.0 Å². The van der Waals surface area contributed by atoms with E-state index in [1.165, 1.54) is 6.42 Å². The Kier molecular flexibility index (Phi) is 6.51. The third-order valence-corrected chi connectivity index (χ3v) is 4.20. The van der Waals surface area contributed by atoms with Gasteiger partial charge in [-0.3, -0.25) is 0 Å². The molecule has 0 radical (unpaired) electrons. The van der Waals surface area contributed by atoms with E-state index in [0.717, 1.165) is 25.7 Å². The lowest BCUT2D eigenvalue weighted by Crippen LogP contribution is -2.43. The van der Waals surface area contributed by atoms with Crippen molar-refractivity contribution in [3.05, 3.63) is 0 Å². The molecule has 1 amide bonds. The number of hydrogen-bond acceptors (Lipinski definition) is 3. The topological polar surface area (TPSA) is 58.6 Å². The molecule has 0 saturated heterocycles. The van der Waals surface area contributed by atoms with E-state index in [4.69, 9.17) is 4.74 Å². The molecule has 1 rings (SSSR count). The molecule has 2 N–H and O–H groups in total. The third kappa shape index (κ3) is 6.68. The van der Waals surface area contributed by atoms with E-state index in [0.29, 0.717) is 18.4 Å². The van der Waals surface area contributed by atoms with Gasteiger partial charge in [-0.05, 0) is 51.9 Å². The first-order valence-electron chi connectivity index (χ1n) is 8.26. The minimum Gasteiger partial charge on any atom is -0.444 e. The lowest BCUT2D eigenvalue weighted by atomic mass is 9.78. The smallest absolute Gasteiger partial charge is 0.407 e. The molecule has 1 unspecified atom stereocenters. The molecule has 124 valence electrons. The summed E-state index contributed by atoms with van der Waals surface area (Å²) in [5.74, 6) is 1.23. The molecule has 21 heavy (non-hydrogen) atoms. The molecule has 0 bridgehead atoms. The number of aliphatic hydroxyl groups excluding tert-OH is 1. The SMILES string of the molecule is CC(C)CCCC(CO)(CNC(=O)OC(C)(C)C)C1CC1. The number of nitrogens with one attached hydrogen (secondary N) is 1. The van der Waals surface area contributed by atoms with Crippen molar-refractivity contribution in [1.82, 2.24) is 5.32 Å². The van der Waals surface area contributed by atoms with Crippen molar-refractivity contribution in [1.29, 1.82) is 0 Å². The van der Waals surface area contributed by atoms with Gasteiger partial charge >= 0.3 is 6.09 Å². The van der Waals surface area contributed by atoms with Gasteiger partial charge in [-0.25, -0.2) is 4.79 Å². The van der Waals surface area contributed by atoms with Crippen LogP contribution >= 0.6 is 0 Å². The summed E-state index contributed by atoms with van der Waals surface area (Å²) in [7, 11) is 0. The van der Waals surface area contributed by atoms with Gasteiger partial charge in [0.1, 0.15) is 5.60 Å². The summed E-state index contributed by atoms with van der Waals surface area (Å²) in [4.78, 5) is 11.8. The maximum atomic E-state index is 11.8. The normalized spacial score (nSPS) is 18.4. The van der Waals surface area contributed by atoms with Crippen LogP contribution in [0, 0.1) is 17.3 Å². The number of alkyl carbamates (subject to hydrolysis) is 1. The van der Waals surface area contributed by atoms with Crippen LogP contribution in [-0.2, 0) is 4.74 Å². The van der Waals surface area contributed by atoms with Crippen LogP contribution in [0.15, 0.2) is 0 Å². The number of carbonyl (C=O) groups is 1. The van der Waals surface area contributed by atoms with Gasteiger partial charge in [-0.2, -0.15) is 0 Å². The number of amides is 1. The number of carbonyl (C=O) groups excluding carboxylic acids is 1. The molecule has 0 aromatic heterocycles. The summed E-state index contributed by atoms with van der Waals surface area (Å²) in [6.45, 7) is 10.7. The molecule has 0 aromatic rings. The van der Waals surface area contributed by atoms with Crippen molar-refractivity contribution in [2.45, 2.75) is 72.3 Å². The Morgan fingerprint density at radius 2 is 1.95 bits per heavy atom. The van der Waals surface area contributed by atoms with Crippen LogP contribution in [0.5, 0.6) is 0 Å². The van der Waals surface area contributed by atoms with Crippen LogP contribution < -0.4 is 5.32 Å². The first-order chi connectivity index (χ1) is 9.68. The highest BCUT2D eigenvalue weighted by Crippen LogP contribution is 2.48. The fourth-order valence-electron chi connectivity index (χ4n) is 2.82. The van der Waals surface area contributed by atoms with Crippen LogP contribution in [0.3, 0.4) is 0 Å². The Morgan fingerprint density at radius 1 is 1.33 bits per heavy atom. The molecule has 0 heterocycles. The molecular formula is C17H33NO3. The summed E-state index contributed by atoms with van der Waals surface area (Å²) >= 11 is 0. The summed E-state index contributed by atoms with van der Waals surface area (Å²) in [5.41, 5.74) is -0.644. The second-order valence-electron chi connectivity index (χ2n) is 7.94. The van der Waals surface area contributed by atoms with E-state index < -0.39 is 5.60 Å². The minimum atomic E-state index is -0.483. The maximum absolute atomic E-state index is 11.8. The van der Waals surface area contributed by atoms with Crippen molar-refractivity contribution in [2.75, 3.05) is 13.2 Å². The molecule has 1 saturated carbocycles. The Labute approximate surface area is 129 Å². The van der Waals surface area contributed by atoms with E-state index in [1.54, 1.807) is 0 Å². The van der Waals surface area contributed by atoms with Crippen LogP contribution in [0.2, 0.25) is 0 Å². The van der Waals surface area contributed by atoms with Crippen molar-refractivity contribution in [3.8, 4) is 0 Å². The highest BCUT2D eigenvalue weighted by molar-refractivity contribution is 5.67. The largest absolute Gasteiger partial charge is 0.444 e. The molecule has 1 aliphatic rings. The second kappa shape index (κ2) is 7.48. The molecule has 4 heteroatoms. The minimum absolute atomic E-state index is 0.144. The van der Waals surface area contributed by atoms with Gasteiger partial charge in [-0.1, -0.05) is 26.7 Å². The fraction of sp³-hybridized carbons (Fsp3) is 0.941. The van der Waals surface area contributed by atoms with Gasteiger partial charge in [0.05, 0.1) is 6.61 Å². The molecular weight excluding hydrogens is 266 g/mol. The van der Waals surface area contributed by atoms with Crippen molar-refractivity contribution in [2.24, 2.45) is 17.3 Å². The number of ether oxygens (including phenoxy) is 1. The molecule has 1 aliphatic carbocycles. The van der Waals surface area contributed by atoms with Gasteiger partial charge in [0.2, 0.25) is 0 Å². The first-order valence-corrected chi connectivity index (χ1v) is 8.26. The lowest BCUT2D eigenvalue weighted by Gasteiger charge is -2.33. The number of aliphatic hydroxyl groups is 1. The van der Waals surface area contributed by atoms with Gasteiger partial charge in [-0.15, -0.1) is 0 Å². The zero-order chi connectivity index (χ0) is 16.1. The predicted molar refractivity (Wildman–Crippen MR) is 85.2 cm³/mol. The number of rotatable bonds is 8. The Bertz CT molecular complexity index is 331. The Hall–Kier alpha value is -0.770. The first kappa shape index (κ1) is 18.3. The highest BCUT2D eigenvalue weighted by Gasteiger charge is 2.44. The molecule has 4 nitrogen and oxygen atoms in total. The van der Waals surface area contributed by atoms with Crippen molar-refractivity contribution >= 4 is 6.09 Å². The zero-order valence-electron chi connectivity index (χ0n) is 14.4. The summed E-state index contributed by atoms with van der Waals surface area (Å²) < 4.78 is 5.29. The van der Waals surface area contributed by atoms with Gasteiger partial charge < -0.3 is 15.2 Å². The van der Waals surface area contributed by atoms with Crippen LogP contribution in [0.25, 0.3) is 0 Å². The zero-order valence-corrected chi connectivity index (χ0v) is 14.4. The second-order valence-corrected chi connectivity index (χ2v) is 7.94. The average Bonchev–Trinajstić information content (AvgIpc) is 3.15. The van der Waals surface area contributed by atoms with Gasteiger partial charge in [0, 0.05) is 12.0 Å². The van der Waals surface area contributed by atoms with Gasteiger partial charge in [0.15, 0.2) is 0 Å². The fourth-order valence-corrected chi connectivity index (χ4v) is 2.82. The molecule has 1 atom stereocenters. The van der Waals surface area contributed by atoms with E-state index in [2.05, 4.69) is 19.2 Å². The molecule has 0 aromatic carbocycles. The Morgan fingerprint density at radius 3 is 2.38 bits per heavy atom. The van der Waals surface area contributed by atoms with Crippen molar-refractivity contribution in [3.63, 3.8) is 0 Å². The van der Waals surface area contributed by atoms with Crippen LogP contribution in [0.4, 0.5) is 4.79 Å². The Balaban J connectivity index is 2.51. The summed E-state index contributed by atoms with van der Waals surface area (Å²) in [6, 6.07) is 0.